The summed E-state index contributed by atoms with van der Waals surface area (Å²) in [5.74, 6) is 0.504. The molecule has 0 unspecified atom stereocenters. The normalized spacial score (nSPS) is 12.0. The Morgan fingerprint density at radius 1 is 1.26 bits per heavy atom. The van der Waals surface area contributed by atoms with Crippen LogP contribution in [-0.2, 0) is 22.3 Å². The van der Waals surface area contributed by atoms with Crippen molar-refractivity contribution < 1.29 is 22.7 Å². The fourth-order valence-corrected chi connectivity index (χ4v) is 2.60. The van der Waals surface area contributed by atoms with Gasteiger partial charge in [-0.1, -0.05) is 13.8 Å². The minimum atomic E-state index is -4.40. The standard InChI is InChI=1S/C17H22F3N5O2/c1-12(2)10-24(9-8-16(26)27-3)11-15-21-22-23-25(15)14-6-4-13(5-7-14)17(18,19)20/h4-7,12H,8-11H2,1-3H3. The number of ether oxygens (including phenoxy) is 1. The van der Waals surface area contributed by atoms with Gasteiger partial charge in [-0.3, -0.25) is 9.69 Å². The van der Waals surface area contributed by atoms with Crippen LogP contribution in [0, 0.1) is 5.92 Å². The Kier molecular flexibility index (Phi) is 6.89. The Morgan fingerprint density at radius 2 is 1.93 bits per heavy atom. The first kappa shape index (κ1) is 20.8. The molecule has 148 valence electrons. The van der Waals surface area contributed by atoms with Crippen LogP contribution in [0.4, 0.5) is 13.2 Å². The molecule has 0 saturated carbocycles. The number of aromatic nitrogens is 4. The summed E-state index contributed by atoms with van der Waals surface area (Å²) in [4.78, 5) is 13.4. The lowest BCUT2D eigenvalue weighted by molar-refractivity contribution is -0.141. The molecule has 1 heterocycles. The van der Waals surface area contributed by atoms with Crippen LogP contribution in [0.5, 0.6) is 0 Å². The highest BCUT2D eigenvalue weighted by atomic mass is 19.4. The molecule has 2 rings (SSSR count). The summed E-state index contributed by atoms with van der Waals surface area (Å²) in [6.45, 7) is 5.61. The van der Waals surface area contributed by atoms with Gasteiger partial charge in [-0.15, -0.1) is 5.10 Å². The molecule has 0 radical (unpaired) electrons. The van der Waals surface area contributed by atoms with E-state index >= 15 is 0 Å². The average molecular weight is 385 g/mol. The van der Waals surface area contributed by atoms with Gasteiger partial charge >= 0.3 is 12.1 Å². The molecule has 0 bridgehead atoms. The summed E-state index contributed by atoms with van der Waals surface area (Å²) in [5.41, 5.74) is -0.305. The minimum Gasteiger partial charge on any atom is -0.469 e. The molecule has 0 aliphatic heterocycles. The molecule has 0 amide bonds. The van der Waals surface area contributed by atoms with E-state index in [1.54, 1.807) is 0 Å². The second-order valence-electron chi connectivity index (χ2n) is 6.51. The van der Waals surface area contributed by atoms with Crippen molar-refractivity contribution in [2.24, 2.45) is 5.92 Å². The maximum absolute atomic E-state index is 12.7. The Bertz CT molecular complexity index is 744. The highest BCUT2D eigenvalue weighted by Crippen LogP contribution is 2.29. The van der Waals surface area contributed by atoms with Gasteiger partial charge < -0.3 is 4.74 Å². The summed E-state index contributed by atoms with van der Waals surface area (Å²) in [7, 11) is 1.33. The number of halogens is 3. The van der Waals surface area contributed by atoms with Crippen LogP contribution in [0.15, 0.2) is 24.3 Å². The third-order valence-electron chi connectivity index (χ3n) is 3.82. The molecule has 10 heteroatoms. The summed E-state index contributed by atoms with van der Waals surface area (Å²) >= 11 is 0. The Labute approximate surface area is 155 Å². The molecular weight excluding hydrogens is 363 g/mol. The molecule has 0 aliphatic rings. The average Bonchev–Trinajstić information content (AvgIpc) is 3.06. The van der Waals surface area contributed by atoms with Crippen molar-refractivity contribution in [1.29, 1.82) is 0 Å². The van der Waals surface area contributed by atoms with E-state index < -0.39 is 11.7 Å². The maximum atomic E-state index is 12.7. The van der Waals surface area contributed by atoms with Crippen LogP contribution >= 0.6 is 0 Å². The molecule has 27 heavy (non-hydrogen) atoms. The van der Waals surface area contributed by atoms with Gasteiger partial charge in [0.25, 0.3) is 0 Å². The van der Waals surface area contributed by atoms with Crippen molar-refractivity contribution in [2.45, 2.75) is 33.0 Å². The first-order chi connectivity index (χ1) is 12.7. The SMILES string of the molecule is COC(=O)CCN(Cc1nnnn1-c1ccc(C(F)(F)F)cc1)CC(C)C. The van der Waals surface area contributed by atoms with Crippen LogP contribution < -0.4 is 0 Å². The number of rotatable bonds is 8. The zero-order valence-corrected chi connectivity index (χ0v) is 15.4. The number of esters is 1. The van der Waals surface area contributed by atoms with Crippen molar-refractivity contribution >= 4 is 5.97 Å². The number of hydrogen-bond donors (Lipinski definition) is 0. The largest absolute Gasteiger partial charge is 0.469 e. The predicted molar refractivity (Wildman–Crippen MR) is 90.9 cm³/mol. The Hall–Kier alpha value is -2.49. The van der Waals surface area contributed by atoms with E-state index in [0.717, 1.165) is 12.1 Å². The second-order valence-corrected chi connectivity index (χ2v) is 6.51. The number of alkyl halides is 3. The van der Waals surface area contributed by atoms with Gasteiger partial charge in [-0.05, 0) is 40.6 Å². The van der Waals surface area contributed by atoms with E-state index in [4.69, 9.17) is 0 Å². The predicted octanol–water partition coefficient (Wildman–Crippen LogP) is 2.70. The molecule has 7 nitrogen and oxygen atoms in total. The summed E-state index contributed by atoms with van der Waals surface area (Å²) < 4.78 is 44.2. The molecule has 2 aromatic rings. The first-order valence-electron chi connectivity index (χ1n) is 8.44. The van der Waals surface area contributed by atoms with Crippen LogP contribution in [-0.4, -0.2) is 51.3 Å². The van der Waals surface area contributed by atoms with Crippen molar-refractivity contribution in [1.82, 2.24) is 25.1 Å². The lowest BCUT2D eigenvalue weighted by atomic mass is 10.2. The van der Waals surface area contributed by atoms with Gasteiger partial charge in [-0.2, -0.15) is 17.9 Å². The van der Waals surface area contributed by atoms with Crippen molar-refractivity contribution in [2.75, 3.05) is 20.2 Å². The molecular formula is C17H22F3N5O2. The number of tetrazole rings is 1. The first-order valence-corrected chi connectivity index (χ1v) is 8.44. The Morgan fingerprint density at radius 3 is 2.48 bits per heavy atom. The van der Waals surface area contributed by atoms with Gasteiger partial charge in [0.05, 0.1) is 31.3 Å². The minimum absolute atomic E-state index is 0.227. The van der Waals surface area contributed by atoms with Gasteiger partial charge in [0.2, 0.25) is 0 Å². The number of methoxy groups -OCH3 is 1. The molecule has 0 N–H and O–H groups in total. The van der Waals surface area contributed by atoms with E-state index in [0.29, 0.717) is 37.1 Å². The number of benzene rings is 1. The zero-order chi connectivity index (χ0) is 20.0. The molecule has 0 atom stereocenters. The van der Waals surface area contributed by atoms with Gasteiger partial charge in [0, 0.05) is 13.1 Å². The van der Waals surface area contributed by atoms with Crippen molar-refractivity contribution in [3.05, 3.63) is 35.7 Å². The summed E-state index contributed by atoms with van der Waals surface area (Å²) in [5, 5.41) is 11.5. The highest BCUT2D eigenvalue weighted by Gasteiger charge is 2.30. The lowest BCUT2D eigenvalue weighted by Crippen LogP contribution is -2.31. The monoisotopic (exact) mass is 385 g/mol. The fourth-order valence-electron chi connectivity index (χ4n) is 2.60. The van der Waals surface area contributed by atoms with Crippen LogP contribution in [0.2, 0.25) is 0 Å². The molecule has 0 spiro atoms. The van der Waals surface area contributed by atoms with Crippen LogP contribution in [0.1, 0.15) is 31.7 Å². The van der Waals surface area contributed by atoms with E-state index in [-0.39, 0.29) is 12.4 Å². The number of carbonyl (C=O) groups excluding carboxylic acids is 1. The van der Waals surface area contributed by atoms with Crippen molar-refractivity contribution in [3.63, 3.8) is 0 Å². The zero-order valence-electron chi connectivity index (χ0n) is 15.4. The second kappa shape index (κ2) is 8.94. The molecule has 1 aromatic heterocycles. The molecule has 1 aromatic carbocycles. The fraction of sp³-hybridized carbons (Fsp3) is 0.529. The van der Waals surface area contributed by atoms with E-state index in [1.807, 2.05) is 18.7 Å². The van der Waals surface area contributed by atoms with Crippen LogP contribution in [0.25, 0.3) is 5.69 Å². The number of carbonyl (C=O) groups is 1. The van der Waals surface area contributed by atoms with E-state index in [9.17, 15) is 18.0 Å². The van der Waals surface area contributed by atoms with E-state index in [1.165, 1.54) is 23.9 Å². The van der Waals surface area contributed by atoms with E-state index in [2.05, 4.69) is 20.3 Å². The molecule has 0 aliphatic carbocycles. The summed E-state index contributed by atoms with van der Waals surface area (Å²) in [6.07, 6.45) is -4.17. The van der Waals surface area contributed by atoms with Crippen LogP contribution in [0.3, 0.4) is 0 Å². The van der Waals surface area contributed by atoms with Gasteiger partial charge in [0.15, 0.2) is 5.82 Å². The Balaban J connectivity index is 2.17. The van der Waals surface area contributed by atoms with Crippen molar-refractivity contribution in [3.8, 4) is 5.69 Å². The number of hydrogen-bond acceptors (Lipinski definition) is 6. The highest BCUT2D eigenvalue weighted by molar-refractivity contribution is 5.69. The maximum Gasteiger partial charge on any atom is 0.416 e. The third kappa shape index (κ3) is 6.02. The third-order valence-corrected chi connectivity index (χ3v) is 3.82. The smallest absolute Gasteiger partial charge is 0.416 e. The number of nitrogens with zero attached hydrogens (tertiary/aromatic N) is 5. The molecule has 0 fully saturated rings. The lowest BCUT2D eigenvalue weighted by Gasteiger charge is -2.23. The molecule has 0 saturated heterocycles. The summed E-state index contributed by atoms with van der Waals surface area (Å²) in [6, 6.07) is 4.63. The van der Waals surface area contributed by atoms with Gasteiger partial charge in [0.1, 0.15) is 0 Å². The quantitative estimate of drug-likeness (QED) is 0.651. The topological polar surface area (TPSA) is 73.1 Å². The van der Waals surface area contributed by atoms with Gasteiger partial charge in [-0.25, -0.2) is 0 Å².